The highest BCUT2D eigenvalue weighted by Gasteiger charge is 2.12. The van der Waals surface area contributed by atoms with Gasteiger partial charge in [-0.15, -0.1) is 5.10 Å². The van der Waals surface area contributed by atoms with E-state index < -0.39 is 0 Å². The Morgan fingerprint density at radius 3 is 2.74 bits per heavy atom. The second-order valence-corrected chi connectivity index (χ2v) is 5.04. The zero-order valence-electron chi connectivity index (χ0n) is 10.8. The van der Waals surface area contributed by atoms with Crippen molar-refractivity contribution in [2.75, 3.05) is 13.7 Å². The van der Waals surface area contributed by atoms with Gasteiger partial charge >= 0.3 is 0 Å². The Labute approximate surface area is 122 Å². The number of rotatable bonds is 5. The van der Waals surface area contributed by atoms with Gasteiger partial charge in [-0.2, -0.15) is 0 Å². The second-order valence-electron chi connectivity index (χ2n) is 4.23. The summed E-state index contributed by atoms with van der Waals surface area (Å²) >= 11 is 11.9. The van der Waals surface area contributed by atoms with Crippen LogP contribution < -0.4 is 0 Å². The average Bonchev–Trinajstić information content (AvgIpc) is 2.88. The number of hydrogen-bond acceptors (Lipinski definition) is 3. The minimum Gasteiger partial charge on any atom is -0.382 e. The van der Waals surface area contributed by atoms with Crippen molar-refractivity contribution in [1.82, 2.24) is 15.0 Å². The summed E-state index contributed by atoms with van der Waals surface area (Å²) in [5.41, 5.74) is 1.67. The van der Waals surface area contributed by atoms with Crippen molar-refractivity contribution in [3.63, 3.8) is 0 Å². The summed E-state index contributed by atoms with van der Waals surface area (Å²) < 4.78 is 6.99. The number of hydrogen-bond donors (Lipinski definition) is 0. The lowest BCUT2D eigenvalue weighted by Crippen LogP contribution is -2.14. The summed E-state index contributed by atoms with van der Waals surface area (Å²) in [5, 5.41) is 9.35. The fraction of sp³-hybridized carbons (Fsp3) is 0.385. The molecule has 0 aliphatic heterocycles. The summed E-state index contributed by atoms with van der Waals surface area (Å²) in [6.07, 6.45) is 2.82. The minimum atomic E-state index is 0.189. The first-order valence-electron chi connectivity index (χ1n) is 6.02. The Morgan fingerprint density at radius 2 is 2.11 bits per heavy atom. The normalized spacial score (nSPS) is 12.6. The Balaban J connectivity index is 2.27. The van der Waals surface area contributed by atoms with Crippen LogP contribution in [0.5, 0.6) is 0 Å². The highest BCUT2D eigenvalue weighted by molar-refractivity contribution is 6.42. The SMILES string of the molecule is CCC(COC)n1cc(-c2ccc(Cl)c(Cl)c2)nn1. The van der Waals surface area contributed by atoms with Crippen molar-refractivity contribution < 1.29 is 4.74 Å². The van der Waals surface area contributed by atoms with Gasteiger partial charge in [0.05, 0.1) is 28.9 Å². The van der Waals surface area contributed by atoms with Crippen LogP contribution in [0.15, 0.2) is 24.4 Å². The van der Waals surface area contributed by atoms with Crippen LogP contribution >= 0.6 is 23.2 Å². The predicted octanol–water partition coefficient (Wildman–Crippen LogP) is 3.85. The number of aromatic nitrogens is 3. The first-order chi connectivity index (χ1) is 9.15. The lowest BCUT2D eigenvalue weighted by molar-refractivity contribution is 0.146. The summed E-state index contributed by atoms with van der Waals surface area (Å²) in [7, 11) is 1.68. The molecule has 0 saturated carbocycles. The number of nitrogens with zero attached hydrogens (tertiary/aromatic N) is 3. The number of halogens is 2. The van der Waals surface area contributed by atoms with Crippen molar-refractivity contribution in [2.45, 2.75) is 19.4 Å². The molecular weight excluding hydrogens is 285 g/mol. The molecule has 19 heavy (non-hydrogen) atoms. The van der Waals surface area contributed by atoms with Gasteiger partial charge in [-0.1, -0.05) is 41.4 Å². The Kier molecular flexibility index (Phi) is 4.80. The van der Waals surface area contributed by atoms with Gasteiger partial charge in [0.15, 0.2) is 0 Å². The highest BCUT2D eigenvalue weighted by atomic mass is 35.5. The van der Waals surface area contributed by atoms with Crippen molar-refractivity contribution in [1.29, 1.82) is 0 Å². The molecule has 0 bridgehead atoms. The van der Waals surface area contributed by atoms with Gasteiger partial charge in [-0.3, -0.25) is 0 Å². The molecular formula is C13H15Cl2N3O. The smallest absolute Gasteiger partial charge is 0.113 e. The third kappa shape index (κ3) is 3.26. The van der Waals surface area contributed by atoms with E-state index in [1.165, 1.54) is 0 Å². The fourth-order valence-corrected chi connectivity index (χ4v) is 2.11. The van der Waals surface area contributed by atoms with Crippen LogP contribution in [0.2, 0.25) is 10.0 Å². The summed E-state index contributed by atoms with van der Waals surface area (Å²) in [6.45, 7) is 2.70. The van der Waals surface area contributed by atoms with E-state index in [9.17, 15) is 0 Å². The predicted molar refractivity (Wildman–Crippen MR) is 76.7 cm³/mol. The van der Waals surface area contributed by atoms with E-state index in [0.29, 0.717) is 16.7 Å². The fourth-order valence-electron chi connectivity index (χ4n) is 1.82. The molecule has 1 heterocycles. The third-order valence-corrected chi connectivity index (χ3v) is 3.67. The molecule has 0 amide bonds. The molecule has 0 aliphatic carbocycles. The first-order valence-corrected chi connectivity index (χ1v) is 6.77. The largest absolute Gasteiger partial charge is 0.382 e. The third-order valence-electron chi connectivity index (χ3n) is 2.93. The van der Waals surface area contributed by atoms with E-state index in [1.54, 1.807) is 19.2 Å². The van der Waals surface area contributed by atoms with E-state index >= 15 is 0 Å². The molecule has 0 aliphatic rings. The maximum Gasteiger partial charge on any atom is 0.113 e. The lowest BCUT2D eigenvalue weighted by atomic mass is 10.2. The summed E-state index contributed by atoms with van der Waals surface area (Å²) in [5.74, 6) is 0. The lowest BCUT2D eigenvalue weighted by Gasteiger charge is -2.12. The Bertz CT molecular complexity index is 557. The zero-order chi connectivity index (χ0) is 13.8. The molecule has 1 atom stereocenters. The van der Waals surface area contributed by atoms with Gasteiger partial charge in [-0.25, -0.2) is 4.68 Å². The molecule has 1 unspecified atom stereocenters. The molecule has 2 aromatic rings. The van der Waals surface area contributed by atoms with Crippen molar-refractivity contribution in [3.05, 3.63) is 34.4 Å². The maximum absolute atomic E-state index is 6.00. The molecule has 0 spiro atoms. The molecule has 2 rings (SSSR count). The number of benzene rings is 1. The standard InChI is InChI=1S/C13H15Cl2N3O/c1-3-10(8-19-2)18-7-13(16-17-18)9-4-5-11(14)12(15)6-9/h4-7,10H,3,8H2,1-2H3. The highest BCUT2D eigenvalue weighted by Crippen LogP contribution is 2.27. The van der Waals surface area contributed by atoms with Gasteiger partial charge in [0.1, 0.15) is 5.69 Å². The van der Waals surface area contributed by atoms with Gasteiger partial charge in [0.25, 0.3) is 0 Å². The first kappa shape index (κ1) is 14.3. The molecule has 6 heteroatoms. The van der Waals surface area contributed by atoms with Gasteiger partial charge < -0.3 is 4.74 Å². The molecule has 0 N–H and O–H groups in total. The number of ether oxygens (including phenoxy) is 1. The van der Waals surface area contributed by atoms with Gasteiger partial charge in [0, 0.05) is 12.7 Å². The average molecular weight is 300 g/mol. The molecule has 4 nitrogen and oxygen atoms in total. The maximum atomic E-state index is 6.00. The van der Waals surface area contributed by atoms with Crippen LogP contribution in [0.1, 0.15) is 19.4 Å². The Hall–Kier alpha value is -1.10. The van der Waals surface area contributed by atoms with E-state index in [1.807, 2.05) is 16.9 Å². The molecule has 0 fully saturated rings. The van der Waals surface area contributed by atoms with Crippen LogP contribution in [-0.2, 0) is 4.74 Å². The van der Waals surface area contributed by atoms with Crippen molar-refractivity contribution in [2.24, 2.45) is 0 Å². The molecule has 1 aromatic carbocycles. The quantitative estimate of drug-likeness (QED) is 0.842. The van der Waals surface area contributed by atoms with Gasteiger partial charge in [0.2, 0.25) is 0 Å². The molecule has 1 aromatic heterocycles. The monoisotopic (exact) mass is 299 g/mol. The van der Waals surface area contributed by atoms with Crippen molar-refractivity contribution >= 4 is 23.2 Å². The Morgan fingerprint density at radius 1 is 1.32 bits per heavy atom. The van der Waals surface area contributed by atoms with Gasteiger partial charge in [-0.05, 0) is 18.6 Å². The van der Waals surface area contributed by atoms with Crippen LogP contribution in [0.3, 0.4) is 0 Å². The van der Waals surface area contributed by atoms with Crippen LogP contribution in [-0.4, -0.2) is 28.7 Å². The number of methoxy groups -OCH3 is 1. The van der Waals surface area contributed by atoms with E-state index in [-0.39, 0.29) is 6.04 Å². The van der Waals surface area contributed by atoms with Crippen LogP contribution in [0.25, 0.3) is 11.3 Å². The minimum absolute atomic E-state index is 0.189. The van der Waals surface area contributed by atoms with Crippen LogP contribution in [0, 0.1) is 0 Å². The van der Waals surface area contributed by atoms with Crippen molar-refractivity contribution in [3.8, 4) is 11.3 Å². The van der Waals surface area contributed by atoms with E-state index in [4.69, 9.17) is 27.9 Å². The molecule has 102 valence electrons. The van der Waals surface area contributed by atoms with E-state index in [2.05, 4.69) is 17.2 Å². The molecule has 0 radical (unpaired) electrons. The van der Waals surface area contributed by atoms with Crippen LogP contribution in [0.4, 0.5) is 0 Å². The van der Waals surface area contributed by atoms with E-state index in [0.717, 1.165) is 17.7 Å². The summed E-state index contributed by atoms with van der Waals surface area (Å²) in [6, 6.07) is 5.61. The second kappa shape index (κ2) is 6.37. The summed E-state index contributed by atoms with van der Waals surface area (Å²) in [4.78, 5) is 0. The molecule has 0 saturated heterocycles. The zero-order valence-corrected chi connectivity index (χ0v) is 12.3. The topological polar surface area (TPSA) is 39.9 Å².